The van der Waals surface area contributed by atoms with Crippen LogP contribution in [0, 0.1) is 10.1 Å². The van der Waals surface area contributed by atoms with Gasteiger partial charge >= 0.3 is 0 Å². The molecule has 1 fully saturated rings. The van der Waals surface area contributed by atoms with Gasteiger partial charge in [-0.1, -0.05) is 31.2 Å². The number of nitrogens with zero attached hydrogens (tertiary/aromatic N) is 3. The Morgan fingerprint density at radius 3 is 2.86 bits per heavy atom. The monoisotopic (exact) mass is 391 g/mol. The third-order valence-corrected chi connectivity index (χ3v) is 5.58. The lowest BCUT2D eigenvalue weighted by molar-refractivity contribution is -0.384. The van der Waals surface area contributed by atoms with Crippen LogP contribution in [0.3, 0.4) is 0 Å². The molecule has 150 valence electrons. The fraction of sp³-hybridized carbons (Fsp3) is 0.348. The lowest BCUT2D eigenvalue weighted by Gasteiger charge is -2.36. The summed E-state index contributed by atoms with van der Waals surface area (Å²) in [6.45, 7) is 3.53. The smallest absolute Gasteiger partial charge is 0.269 e. The molecule has 0 aliphatic carbocycles. The van der Waals surface area contributed by atoms with Crippen molar-refractivity contribution in [3.05, 3.63) is 70.3 Å². The fourth-order valence-electron chi connectivity index (χ4n) is 4.03. The lowest BCUT2D eigenvalue weighted by atomic mass is 10.00. The van der Waals surface area contributed by atoms with Crippen LogP contribution in [0.4, 0.5) is 11.5 Å². The third-order valence-electron chi connectivity index (χ3n) is 5.58. The number of rotatable bonds is 6. The summed E-state index contributed by atoms with van der Waals surface area (Å²) in [6.07, 6.45) is 4.80. The molecule has 0 bridgehead atoms. The first-order valence-corrected chi connectivity index (χ1v) is 10.2. The summed E-state index contributed by atoms with van der Waals surface area (Å²) < 4.78 is 6.03. The van der Waals surface area contributed by atoms with Crippen molar-refractivity contribution < 1.29 is 9.66 Å². The second-order valence-corrected chi connectivity index (χ2v) is 7.46. The zero-order valence-electron chi connectivity index (χ0n) is 16.6. The molecule has 1 atom stereocenters. The summed E-state index contributed by atoms with van der Waals surface area (Å²) in [6, 6.07) is 17.1. The van der Waals surface area contributed by atoms with Crippen molar-refractivity contribution in [1.29, 1.82) is 0 Å². The van der Waals surface area contributed by atoms with Gasteiger partial charge in [-0.3, -0.25) is 10.1 Å². The Morgan fingerprint density at radius 2 is 2.03 bits per heavy atom. The molecule has 3 aromatic rings. The van der Waals surface area contributed by atoms with Gasteiger partial charge in [-0.25, -0.2) is 4.98 Å². The predicted octanol–water partition coefficient (Wildman–Crippen LogP) is 5.49. The fourth-order valence-corrected chi connectivity index (χ4v) is 4.03. The summed E-state index contributed by atoms with van der Waals surface area (Å²) in [5, 5.41) is 12.0. The molecule has 0 amide bonds. The average Bonchev–Trinajstić information content (AvgIpc) is 2.77. The van der Waals surface area contributed by atoms with E-state index in [9.17, 15) is 10.1 Å². The van der Waals surface area contributed by atoms with E-state index in [1.54, 1.807) is 12.1 Å². The van der Waals surface area contributed by atoms with Gasteiger partial charge in [0.15, 0.2) is 0 Å². The topological polar surface area (TPSA) is 68.5 Å². The zero-order chi connectivity index (χ0) is 20.2. The number of benzene rings is 2. The number of pyridine rings is 1. The maximum absolute atomic E-state index is 11.0. The molecule has 6 nitrogen and oxygen atoms in total. The molecule has 0 N–H and O–H groups in total. The molecule has 29 heavy (non-hydrogen) atoms. The number of nitro groups is 1. The van der Waals surface area contributed by atoms with Crippen molar-refractivity contribution in [3.8, 4) is 5.75 Å². The minimum Gasteiger partial charge on any atom is -0.487 e. The van der Waals surface area contributed by atoms with Crippen molar-refractivity contribution in [3.63, 3.8) is 0 Å². The van der Waals surface area contributed by atoms with Crippen molar-refractivity contribution in [1.82, 2.24) is 4.98 Å². The Morgan fingerprint density at radius 1 is 1.17 bits per heavy atom. The highest BCUT2D eigenvalue weighted by Crippen LogP contribution is 2.30. The molecule has 1 aliphatic heterocycles. The molecule has 1 aromatic heterocycles. The van der Waals surface area contributed by atoms with E-state index in [4.69, 9.17) is 9.72 Å². The highest BCUT2D eigenvalue weighted by atomic mass is 16.6. The highest BCUT2D eigenvalue weighted by molar-refractivity contribution is 5.86. The molecule has 2 heterocycles. The van der Waals surface area contributed by atoms with Gasteiger partial charge in [0, 0.05) is 30.1 Å². The van der Waals surface area contributed by atoms with Crippen molar-refractivity contribution in [2.45, 2.75) is 45.3 Å². The standard InChI is InChI=1S/C23H25N3O3/c1-2-19-9-3-4-14-25(19)22-13-12-18-8-6-11-21(23(18)24-22)29-16-17-7-5-10-20(15-17)26(27)28/h5-8,10-13,15,19H,2-4,9,14,16H2,1H3. The van der Waals surface area contributed by atoms with Gasteiger partial charge in [-0.15, -0.1) is 0 Å². The number of piperidine rings is 1. The first kappa shape index (κ1) is 19.2. The summed E-state index contributed by atoms with van der Waals surface area (Å²) >= 11 is 0. The number of hydrogen-bond donors (Lipinski definition) is 0. The largest absolute Gasteiger partial charge is 0.487 e. The second-order valence-electron chi connectivity index (χ2n) is 7.46. The van der Waals surface area contributed by atoms with E-state index in [1.807, 2.05) is 24.3 Å². The summed E-state index contributed by atoms with van der Waals surface area (Å²) in [4.78, 5) is 18.0. The van der Waals surface area contributed by atoms with E-state index in [0.29, 0.717) is 11.8 Å². The van der Waals surface area contributed by atoms with Crippen LogP contribution >= 0.6 is 0 Å². The van der Waals surface area contributed by atoms with E-state index in [1.165, 1.54) is 25.3 Å². The Bertz CT molecular complexity index is 1020. The second kappa shape index (κ2) is 8.47. The van der Waals surface area contributed by atoms with Crippen LogP contribution in [0.25, 0.3) is 10.9 Å². The molecule has 1 unspecified atom stereocenters. The number of para-hydroxylation sites is 1. The third kappa shape index (κ3) is 4.16. The number of hydrogen-bond acceptors (Lipinski definition) is 5. The molecule has 4 rings (SSSR count). The number of non-ortho nitro benzene ring substituents is 1. The first-order valence-electron chi connectivity index (χ1n) is 10.2. The SMILES string of the molecule is CCC1CCCCN1c1ccc2cccc(OCc3cccc([N+](=O)[O-])c3)c2n1. The van der Waals surface area contributed by atoms with E-state index >= 15 is 0 Å². The van der Waals surface area contributed by atoms with Crippen molar-refractivity contribution in [2.75, 3.05) is 11.4 Å². The quantitative estimate of drug-likeness (QED) is 0.410. The van der Waals surface area contributed by atoms with Crippen molar-refractivity contribution >= 4 is 22.4 Å². The zero-order valence-corrected chi connectivity index (χ0v) is 16.6. The minimum atomic E-state index is -0.391. The van der Waals surface area contributed by atoms with E-state index in [-0.39, 0.29) is 12.3 Å². The van der Waals surface area contributed by atoms with E-state index in [2.05, 4.69) is 24.0 Å². The average molecular weight is 391 g/mol. The van der Waals surface area contributed by atoms with Gasteiger partial charge in [-0.2, -0.15) is 0 Å². The van der Waals surface area contributed by atoms with Gasteiger partial charge in [0.05, 0.1) is 4.92 Å². The molecule has 0 spiro atoms. The molecule has 1 saturated heterocycles. The number of fused-ring (bicyclic) bond motifs is 1. The van der Waals surface area contributed by atoms with Gasteiger partial charge in [-0.05, 0) is 49.4 Å². The summed E-state index contributed by atoms with van der Waals surface area (Å²) in [7, 11) is 0. The van der Waals surface area contributed by atoms with Crippen LogP contribution in [0.15, 0.2) is 54.6 Å². The van der Waals surface area contributed by atoms with Crippen LogP contribution in [0.1, 0.15) is 38.2 Å². The Hall–Kier alpha value is -3.15. The normalized spacial score (nSPS) is 16.7. The number of anilines is 1. The van der Waals surface area contributed by atoms with Crippen LogP contribution in [0.2, 0.25) is 0 Å². The molecular weight excluding hydrogens is 366 g/mol. The van der Waals surface area contributed by atoms with Gasteiger partial charge in [0.2, 0.25) is 0 Å². The van der Waals surface area contributed by atoms with Gasteiger partial charge < -0.3 is 9.64 Å². The molecular formula is C23H25N3O3. The maximum Gasteiger partial charge on any atom is 0.269 e. The maximum atomic E-state index is 11.0. The Labute approximate surface area is 170 Å². The summed E-state index contributed by atoms with van der Waals surface area (Å²) in [5.41, 5.74) is 1.66. The summed E-state index contributed by atoms with van der Waals surface area (Å²) in [5.74, 6) is 1.69. The van der Waals surface area contributed by atoms with Gasteiger partial charge in [0.25, 0.3) is 5.69 Å². The van der Waals surface area contributed by atoms with Crippen molar-refractivity contribution in [2.24, 2.45) is 0 Å². The van der Waals surface area contributed by atoms with Crippen LogP contribution in [-0.2, 0) is 6.61 Å². The Balaban J connectivity index is 1.61. The Kier molecular flexibility index (Phi) is 5.60. The molecule has 1 aliphatic rings. The number of ether oxygens (including phenoxy) is 1. The number of nitro benzene ring substituents is 1. The first-order chi connectivity index (χ1) is 14.2. The molecule has 2 aromatic carbocycles. The van der Waals surface area contributed by atoms with Crippen LogP contribution < -0.4 is 9.64 Å². The van der Waals surface area contributed by atoms with E-state index < -0.39 is 4.92 Å². The highest BCUT2D eigenvalue weighted by Gasteiger charge is 2.22. The predicted molar refractivity (Wildman–Crippen MR) is 114 cm³/mol. The van der Waals surface area contributed by atoms with E-state index in [0.717, 1.165) is 35.2 Å². The van der Waals surface area contributed by atoms with Crippen LogP contribution in [-0.4, -0.2) is 22.5 Å². The van der Waals surface area contributed by atoms with Gasteiger partial charge in [0.1, 0.15) is 23.7 Å². The number of aromatic nitrogens is 1. The molecule has 0 saturated carbocycles. The lowest BCUT2D eigenvalue weighted by Crippen LogP contribution is -2.39. The van der Waals surface area contributed by atoms with Crippen LogP contribution in [0.5, 0.6) is 5.75 Å². The molecule has 0 radical (unpaired) electrons. The minimum absolute atomic E-state index is 0.0696. The molecule has 6 heteroatoms.